The lowest BCUT2D eigenvalue weighted by Gasteiger charge is -2.30. The van der Waals surface area contributed by atoms with Gasteiger partial charge < -0.3 is 28.5 Å². The predicted octanol–water partition coefficient (Wildman–Crippen LogP) is 25.5. The number of rotatable bonds is 75. The molecule has 3 atom stereocenters. The molecule has 0 saturated heterocycles. The Hall–Kier alpha value is -1.77. The Morgan fingerprint density at radius 1 is 0.385 bits per heavy atom. The van der Waals surface area contributed by atoms with Crippen LogP contribution in [0.4, 0.5) is 0 Å². The number of allylic oxidation sites excluding steroid dienone is 5. The van der Waals surface area contributed by atoms with Crippen LogP contribution in [0.1, 0.15) is 419 Å². The standard InChI is InChI=1S/C81H157N2O7P/c1-7-10-13-16-19-22-25-28-30-32-34-36-38-40-41-43-44-46-48-50-52-55-58-61-64-67-70-73-80(84)82-78(77-89-91(86,87)88-76-75-83(4,5)6)79(72-69-66-63-60-57-54-27-24-21-18-15-12-9-3)90-81(85)74-71-68-65-62-59-56-53-51-49-47-45-42-39-37-35-33-31-29-26-23-20-17-14-11-8-2/h19,22,28,30,69,72,78-79H,7-18,20-21,23-27,29,31-68,70-71,73-77H2,1-6H3,(H-,82,84,86,87)/b22-19-,30-28-,72-69+. The molecule has 10 heteroatoms. The number of hydrogen-bond acceptors (Lipinski definition) is 7. The van der Waals surface area contributed by atoms with Crippen molar-refractivity contribution in [3.8, 4) is 0 Å². The van der Waals surface area contributed by atoms with E-state index in [2.05, 4.69) is 50.4 Å². The van der Waals surface area contributed by atoms with Gasteiger partial charge in [-0.2, -0.15) is 0 Å². The van der Waals surface area contributed by atoms with Crippen molar-refractivity contribution >= 4 is 19.7 Å². The summed E-state index contributed by atoms with van der Waals surface area (Å²) < 4.78 is 30.6. The predicted molar refractivity (Wildman–Crippen MR) is 395 cm³/mol. The lowest BCUT2D eigenvalue weighted by molar-refractivity contribution is -0.870. The highest BCUT2D eigenvalue weighted by Gasteiger charge is 2.27. The van der Waals surface area contributed by atoms with Crippen LogP contribution in [-0.2, 0) is 27.9 Å². The second-order valence-corrected chi connectivity index (χ2v) is 30.3. The Labute approximate surface area is 567 Å². The lowest BCUT2D eigenvalue weighted by Crippen LogP contribution is -2.47. The van der Waals surface area contributed by atoms with Gasteiger partial charge in [0.25, 0.3) is 7.82 Å². The van der Waals surface area contributed by atoms with Gasteiger partial charge in [-0.1, -0.05) is 379 Å². The summed E-state index contributed by atoms with van der Waals surface area (Å²) in [5.41, 5.74) is 0. The second-order valence-electron chi connectivity index (χ2n) is 28.9. The van der Waals surface area contributed by atoms with Gasteiger partial charge in [0.1, 0.15) is 19.3 Å². The van der Waals surface area contributed by atoms with E-state index in [1.807, 2.05) is 33.3 Å². The Morgan fingerprint density at radius 3 is 1.01 bits per heavy atom. The van der Waals surface area contributed by atoms with Crippen molar-refractivity contribution in [2.45, 2.75) is 431 Å². The van der Waals surface area contributed by atoms with Crippen LogP contribution in [0.25, 0.3) is 0 Å². The first-order valence-electron chi connectivity index (χ1n) is 40.3. The largest absolute Gasteiger partial charge is 0.756 e. The van der Waals surface area contributed by atoms with Crippen molar-refractivity contribution in [2.24, 2.45) is 0 Å². The molecule has 0 aliphatic heterocycles. The summed E-state index contributed by atoms with van der Waals surface area (Å²) >= 11 is 0. The fourth-order valence-electron chi connectivity index (χ4n) is 12.4. The summed E-state index contributed by atoms with van der Waals surface area (Å²) in [5.74, 6) is -0.513. The molecule has 538 valence electrons. The Balaban J connectivity index is 4.91. The van der Waals surface area contributed by atoms with Gasteiger partial charge >= 0.3 is 5.97 Å². The van der Waals surface area contributed by atoms with E-state index < -0.39 is 20.0 Å². The summed E-state index contributed by atoms with van der Waals surface area (Å²) in [5, 5.41) is 3.06. The fourth-order valence-corrected chi connectivity index (χ4v) is 13.1. The van der Waals surface area contributed by atoms with E-state index in [0.29, 0.717) is 17.4 Å². The van der Waals surface area contributed by atoms with Gasteiger partial charge in [-0.05, 0) is 63.9 Å². The van der Waals surface area contributed by atoms with E-state index >= 15 is 0 Å². The van der Waals surface area contributed by atoms with Crippen LogP contribution in [-0.4, -0.2) is 69.4 Å². The number of quaternary nitrogens is 1. The summed E-state index contributed by atoms with van der Waals surface area (Å²) in [4.78, 5) is 40.4. The van der Waals surface area contributed by atoms with Crippen LogP contribution >= 0.6 is 7.82 Å². The number of nitrogens with zero attached hydrogens (tertiary/aromatic N) is 1. The van der Waals surface area contributed by atoms with E-state index in [9.17, 15) is 19.0 Å². The number of unbranched alkanes of at least 4 members (excludes halogenated alkanes) is 55. The molecular formula is C81H157N2O7P. The maximum Gasteiger partial charge on any atom is 0.306 e. The molecule has 0 aromatic rings. The molecule has 0 saturated carbocycles. The summed E-state index contributed by atoms with van der Waals surface area (Å²) in [6.07, 6.45) is 90.1. The van der Waals surface area contributed by atoms with Crippen LogP contribution in [0, 0.1) is 0 Å². The number of likely N-dealkylation sites (N-methyl/N-ethyl adjacent to an activating group) is 1. The Bertz CT molecular complexity index is 1650. The zero-order chi connectivity index (χ0) is 66.3. The van der Waals surface area contributed by atoms with E-state index in [-0.39, 0.29) is 31.5 Å². The number of amides is 1. The van der Waals surface area contributed by atoms with Gasteiger partial charge in [-0.3, -0.25) is 14.2 Å². The molecule has 1 N–H and O–H groups in total. The van der Waals surface area contributed by atoms with Crippen LogP contribution in [0.5, 0.6) is 0 Å². The molecule has 0 radical (unpaired) electrons. The highest BCUT2D eigenvalue weighted by molar-refractivity contribution is 7.45. The van der Waals surface area contributed by atoms with E-state index in [1.54, 1.807) is 0 Å². The minimum Gasteiger partial charge on any atom is -0.756 e. The van der Waals surface area contributed by atoms with Crippen molar-refractivity contribution in [1.82, 2.24) is 5.32 Å². The number of phosphoric acid groups is 1. The number of nitrogens with one attached hydrogen (secondary N) is 1. The molecule has 0 bridgehead atoms. The van der Waals surface area contributed by atoms with Gasteiger partial charge in [0.2, 0.25) is 5.91 Å². The molecule has 0 aromatic heterocycles. The van der Waals surface area contributed by atoms with E-state index in [4.69, 9.17) is 13.8 Å². The molecule has 9 nitrogen and oxygen atoms in total. The molecule has 3 unspecified atom stereocenters. The molecule has 1 amide bonds. The third-order valence-corrected chi connectivity index (χ3v) is 19.5. The first-order valence-corrected chi connectivity index (χ1v) is 41.8. The molecular weight excluding hydrogens is 1140 g/mol. The van der Waals surface area contributed by atoms with Crippen LogP contribution in [0.2, 0.25) is 0 Å². The number of carbonyl (C=O) groups excluding carboxylic acids is 2. The van der Waals surface area contributed by atoms with Gasteiger partial charge in [-0.15, -0.1) is 0 Å². The number of esters is 1. The average Bonchev–Trinajstić information content (AvgIpc) is 3.45. The fraction of sp³-hybridized carbons (Fsp3) is 0.901. The number of hydrogen-bond donors (Lipinski definition) is 1. The van der Waals surface area contributed by atoms with E-state index in [1.165, 1.54) is 321 Å². The molecule has 0 aliphatic carbocycles. The van der Waals surface area contributed by atoms with Gasteiger partial charge in [0, 0.05) is 12.8 Å². The van der Waals surface area contributed by atoms with Crippen LogP contribution in [0.15, 0.2) is 36.5 Å². The summed E-state index contributed by atoms with van der Waals surface area (Å²) in [6.45, 7) is 6.91. The second kappa shape index (κ2) is 71.0. The zero-order valence-electron chi connectivity index (χ0n) is 61.8. The van der Waals surface area contributed by atoms with E-state index in [0.717, 1.165) is 64.2 Å². The maximum atomic E-state index is 13.7. The molecule has 0 spiro atoms. The minimum absolute atomic E-state index is 0.0183. The van der Waals surface area contributed by atoms with Gasteiger partial charge in [-0.25, -0.2) is 0 Å². The quantitative estimate of drug-likeness (QED) is 0.0212. The molecule has 91 heavy (non-hydrogen) atoms. The number of phosphoric ester groups is 1. The maximum absolute atomic E-state index is 13.7. The molecule has 0 aromatic carbocycles. The minimum atomic E-state index is -4.71. The molecule has 0 rings (SSSR count). The average molecular weight is 1300 g/mol. The first kappa shape index (κ1) is 89.2. The summed E-state index contributed by atoms with van der Waals surface area (Å²) in [7, 11) is 1.21. The third-order valence-electron chi connectivity index (χ3n) is 18.6. The third kappa shape index (κ3) is 72.3. The topological polar surface area (TPSA) is 114 Å². The first-order chi connectivity index (χ1) is 44.4. The smallest absolute Gasteiger partial charge is 0.306 e. The van der Waals surface area contributed by atoms with Crippen molar-refractivity contribution in [3.63, 3.8) is 0 Å². The normalized spacial score (nSPS) is 13.5. The highest BCUT2D eigenvalue weighted by atomic mass is 31.2. The number of ether oxygens (including phenoxy) is 1. The van der Waals surface area contributed by atoms with Gasteiger partial charge in [0.05, 0.1) is 33.8 Å². The number of carbonyl (C=O) groups is 2. The van der Waals surface area contributed by atoms with Crippen molar-refractivity contribution < 1.29 is 37.3 Å². The van der Waals surface area contributed by atoms with Crippen molar-refractivity contribution in [3.05, 3.63) is 36.5 Å². The summed E-state index contributed by atoms with van der Waals surface area (Å²) in [6, 6.07) is -0.885. The molecule has 0 heterocycles. The van der Waals surface area contributed by atoms with Crippen molar-refractivity contribution in [1.29, 1.82) is 0 Å². The van der Waals surface area contributed by atoms with Crippen molar-refractivity contribution in [2.75, 3.05) is 40.9 Å². The lowest BCUT2D eigenvalue weighted by atomic mass is 10.0. The van der Waals surface area contributed by atoms with Crippen LogP contribution < -0.4 is 10.2 Å². The molecule has 0 fully saturated rings. The van der Waals surface area contributed by atoms with Crippen LogP contribution in [0.3, 0.4) is 0 Å². The zero-order valence-corrected chi connectivity index (χ0v) is 62.7. The van der Waals surface area contributed by atoms with Gasteiger partial charge in [0.15, 0.2) is 0 Å². The Kier molecular flexibility index (Phi) is 69.6. The molecule has 0 aliphatic rings. The SMILES string of the molecule is CCCCC/C=C\C/C=C\CCCCCCCCCCCCCCCCCCCC(=O)NC(COP(=O)([O-])OCC[N+](C)(C)C)C(/C=C/CCCCCCCCCCCCC)OC(=O)CCCCCCCCCCCCCCCCCCCCCCCCCCC. The highest BCUT2D eigenvalue weighted by Crippen LogP contribution is 2.38. The monoisotopic (exact) mass is 1300 g/mol. The Morgan fingerprint density at radius 2 is 0.670 bits per heavy atom.